The van der Waals surface area contributed by atoms with E-state index in [-0.39, 0.29) is 11.8 Å². The van der Waals surface area contributed by atoms with E-state index in [1.807, 2.05) is 24.3 Å². The van der Waals surface area contributed by atoms with Gasteiger partial charge in [0.1, 0.15) is 11.2 Å². The number of furan rings is 1. The van der Waals surface area contributed by atoms with Crippen LogP contribution in [0.25, 0.3) is 50.9 Å². The van der Waals surface area contributed by atoms with Crippen molar-refractivity contribution >= 4 is 34.1 Å². The normalized spacial score (nSPS) is 18.2. The van der Waals surface area contributed by atoms with Crippen LogP contribution >= 0.6 is 0 Å². The minimum Gasteiger partial charge on any atom is -0.456 e. The van der Waals surface area contributed by atoms with Gasteiger partial charge >= 0.3 is 0 Å². The molecule has 0 spiro atoms. The fourth-order valence-corrected chi connectivity index (χ4v) is 5.98. The molecule has 4 nitrogen and oxygen atoms in total. The molecule has 0 radical (unpaired) electrons. The number of para-hydroxylation sites is 2. The van der Waals surface area contributed by atoms with Gasteiger partial charge < -0.3 is 8.98 Å². The van der Waals surface area contributed by atoms with Crippen molar-refractivity contribution in [2.75, 3.05) is 0 Å². The summed E-state index contributed by atoms with van der Waals surface area (Å²) in [7, 11) is 0. The molecule has 176 valence electrons. The van der Waals surface area contributed by atoms with Crippen molar-refractivity contribution in [3.8, 4) is 29.0 Å². The maximum Gasteiger partial charge on any atom is 0.135 e. The summed E-state index contributed by atoms with van der Waals surface area (Å²) >= 11 is 0. The Kier molecular flexibility index (Phi) is 4.71. The Hall–Kier alpha value is -4.80. The third-order valence-corrected chi connectivity index (χ3v) is 7.82. The highest BCUT2D eigenvalue weighted by molar-refractivity contribution is 6.06. The van der Waals surface area contributed by atoms with Gasteiger partial charge in [-0.1, -0.05) is 55.5 Å². The number of hydrogen-bond acceptors (Lipinski definition) is 3. The Labute approximate surface area is 215 Å². The topological polar surface area (TPSA) is 65.7 Å². The molecule has 2 unspecified atom stereocenters. The summed E-state index contributed by atoms with van der Waals surface area (Å²) < 4.78 is 8.44. The molecule has 5 aromatic rings. The number of rotatable bonds is 2. The number of fused-ring (bicyclic) bond motifs is 6. The number of benzene rings is 3. The lowest BCUT2D eigenvalue weighted by Crippen LogP contribution is -2.13. The minimum atomic E-state index is -0.155. The highest BCUT2D eigenvalue weighted by atomic mass is 16.3. The molecular weight excluding hydrogens is 454 g/mol. The van der Waals surface area contributed by atoms with E-state index < -0.39 is 0 Å². The maximum absolute atomic E-state index is 9.75. The summed E-state index contributed by atoms with van der Waals surface area (Å²) in [6.07, 6.45) is 7.61. The van der Waals surface area contributed by atoms with Crippen molar-refractivity contribution in [3.05, 3.63) is 101 Å². The zero-order chi connectivity index (χ0) is 25.1. The minimum absolute atomic E-state index is 0.143. The summed E-state index contributed by atoms with van der Waals surface area (Å²) in [4.78, 5) is 0. The molecule has 2 heterocycles. The van der Waals surface area contributed by atoms with Crippen LogP contribution in [-0.2, 0) is 12.8 Å². The van der Waals surface area contributed by atoms with Crippen molar-refractivity contribution in [3.63, 3.8) is 0 Å². The third kappa shape index (κ3) is 3.20. The van der Waals surface area contributed by atoms with Crippen LogP contribution in [0.15, 0.2) is 82.8 Å². The first-order valence-electron chi connectivity index (χ1n) is 12.6. The van der Waals surface area contributed by atoms with E-state index in [9.17, 15) is 10.5 Å². The summed E-state index contributed by atoms with van der Waals surface area (Å²) in [5, 5.41) is 21.6. The van der Waals surface area contributed by atoms with E-state index in [0.29, 0.717) is 6.42 Å². The smallest absolute Gasteiger partial charge is 0.135 e. The largest absolute Gasteiger partial charge is 0.456 e. The van der Waals surface area contributed by atoms with Gasteiger partial charge in [-0.05, 0) is 66.3 Å². The van der Waals surface area contributed by atoms with Gasteiger partial charge in [0, 0.05) is 38.9 Å². The SMILES string of the molecule is CC1Cc2c(c3c(n2-c2ccccc2-c2ccc4oc5ccccc5c4c2)C=CC(C#N)C3)C=C1C#N. The molecule has 2 atom stereocenters. The van der Waals surface area contributed by atoms with Gasteiger partial charge in [0.25, 0.3) is 0 Å². The average molecular weight is 478 g/mol. The first-order valence-corrected chi connectivity index (χ1v) is 12.6. The van der Waals surface area contributed by atoms with Crippen molar-refractivity contribution in [2.45, 2.75) is 19.8 Å². The third-order valence-electron chi connectivity index (χ3n) is 7.82. The first-order chi connectivity index (χ1) is 18.2. The molecular formula is C33H23N3O. The second-order valence-electron chi connectivity index (χ2n) is 10.0. The highest BCUT2D eigenvalue weighted by Gasteiger charge is 2.31. The Morgan fingerprint density at radius 1 is 0.919 bits per heavy atom. The van der Waals surface area contributed by atoms with Crippen LogP contribution < -0.4 is 0 Å². The molecule has 4 heteroatoms. The standard InChI is InChI=1S/C33H23N3O/c1-20-14-31-27(17-23(20)19-35)26-15-21(18-34)10-12-30(26)36(31)29-8-4-2-6-24(29)22-11-13-33-28(16-22)25-7-3-5-9-32(25)37-33/h2-13,16-17,20-21H,14-15H2,1H3. The lowest BCUT2D eigenvalue weighted by Gasteiger charge is -2.21. The van der Waals surface area contributed by atoms with E-state index in [1.54, 1.807) is 0 Å². The van der Waals surface area contributed by atoms with Gasteiger partial charge in [-0.15, -0.1) is 0 Å². The second-order valence-corrected chi connectivity index (χ2v) is 10.0. The van der Waals surface area contributed by atoms with E-state index >= 15 is 0 Å². The highest BCUT2D eigenvalue weighted by Crippen LogP contribution is 2.42. The number of aromatic nitrogens is 1. The first kappa shape index (κ1) is 21.5. The monoisotopic (exact) mass is 477 g/mol. The molecule has 3 aromatic carbocycles. The predicted molar refractivity (Wildman–Crippen MR) is 147 cm³/mol. The summed E-state index contributed by atoms with van der Waals surface area (Å²) in [5.41, 5.74) is 10.5. The van der Waals surface area contributed by atoms with E-state index in [1.165, 1.54) is 5.69 Å². The van der Waals surface area contributed by atoms with Gasteiger partial charge in [-0.2, -0.15) is 10.5 Å². The van der Waals surface area contributed by atoms with Crippen LogP contribution in [0.5, 0.6) is 0 Å². The molecule has 2 aliphatic carbocycles. The molecule has 0 amide bonds. The van der Waals surface area contributed by atoms with Crippen molar-refractivity contribution in [1.82, 2.24) is 4.57 Å². The summed E-state index contributed by atoms with van der Waals surface area (Å²) in [6, 6.07) is 27.9. The van der Waals surface area contributed by atoms with Gasteiger partial charge in [-0.3, -0.25) is 0 Å². The Morgan fingerprint density at radius 2 is 1.73 bits per heavy atom. The fraction of sp³-hybridized carbons (Fsp3) is 0.152. The summed E-state index contributed by atoms with van der Waals surface area (Å²) in [5.74, 6) is -0.0121. The molecule has 0 aliphatic heterocycles. The van der Waals surface area contributed by atoms with Crippen LogP contribution in [0.2, 0.25) is 0 Å². The van der Waals surface area contributed by atoms with Crippen LogP contribution in [0, 0.1) is 34.5 Å². The Balaban J connectivity index is 1.48. The molecule has 7 rings (SSSR count). The lowest BCUT2D eigenvalue weighted by molar-refractivity contribution is 0.664. The van der Waals surface area contributed by atoms with E-state index in [4.69, 9.17) is 4.42 Å². The molecule has 37 heavy (non-hydrogen) atoms. The molecule has 0 saturated carbocycles. The van der Waals surface area contributed by atoms with Gasteiger partial charge in [-0.25, -0.2) is 0 Å². The number of nitrogens with zero attached hydrogens (tertiary/aromatic N) is 3. The molecule has 0 saturated heterocycles. The van der Waals surface area contributed by atoms with Crippen molar-refractivity contribution in [1.29, 1.82) is 10.5 Å². The second kappa shape index (κ2) is 8.12. The molecule has 2 aliphatic rings. The number of hydrogen-bond donors (Lipinski definition) is 0. The fourth-order valence-electron chi connectivity index (χ4n) is 5.98. The number of nitriles is 2. The zero-order valence-electron chi connectivity index (χ0n) is 20.4. The predicted octanol–water partition coefficient (Wildman–Crippen LogP) is 7.85. The van der Waals surface area contributed by atoms with E-state index in [2.05, 4.69) is 84.3 Å². The zero-order valence-corrected chi connectivity index (χ0v) is 20.4. The van der Waals surface area contributed by atoms with Crippen LogP contribution in [0.3, 0.4) is 0 Å². The van der Waals surface area contributed by atoms with Crippen molar-refractivity contribution in [2.24, 2.45) is 11.8 Å². The van der Waals surface area contributed by atoms with Crippen LogP contribution in [0.4, 0.5) is 0 Å². The number of allylic oxidation sites excluding steroid dienone is 2. The van der Waals surface area contributed by atoms with E-state index in [0.717, 1.165) is 67.6 Å². The van der Waals surface area contributed by atoms with Crippen LogP contribution in [0.1, 0.15) is 29.4 Å². The quantitative estimate of drug-likeness (QED) is 0.260. The van der Waals surface area contributed by atoms with Gasteiger partial charge in [0.15, 0.2) is 0 Å². The molecule has 0 fully saturated rings. The van der Waals surface area contributed by atoms with Gasteiger partial charge in [0.2, 0.25) is 0 Å². The summed E-state index contributed by atoms with van der Waals surface area (Å²) in [6.45, 7) is 2.12. The molecule has 0 N–H and O–H groups in total. The lowest BCUT2D eigenvalue weighted by atomic mass is 9.85. The maximum atomic E-state index is 9.75. The molecule has 2 aromatic heterocycles. The van der Waals surface area contributed by atoms with Crippen LogP contribution in [-0.4, -0.2) is 4.57 Å². The van der Waals surface area contributed by atoms with Crippen molar-refractivity contribution < 1.29 is 4.42 Å². The van der Waals surface area contributed by atoms with Gasteiger partial charge in [0.05, 0.1) is 23.7 Å². The Bertz CT molecular complexity index is 1880. The molecule has 0 bridgehead atoms. The Morgan fingerprint density at radius 3 is 2.59 bits per heavy atom. The average Bonchev–Trinajstić information content (AvgIpc) is 3.46.